The largest absolute Gasteiger partial charge is 0.368 e. The summed E-state index contributed by atoms with van der Waals surface area (Å²) in [6.07, 6.45) is 9.45. The molecular weight excluding hydrogens is 236 g/mol. The minimum Gasteiger partial charge on any atom is -0.368 e. The molecule has 0 radical (unpaired) electrons. The highest BCUT2D eigenvalue weighted by molar-refractivity contribution is 4.81. The SMILES string of the molecule is CCCCCCC(C)(CCCC)[C@@H](C)[C@H](O)OCC. The van der Waals surface area contributed by atoms with Gasteiger partial charge in [-0.05, 0) is 25.2 Å². The second-order valence-electron chi connectivity index (χ2n) is 6.20. The van der Waals surface area contributed by atoms with E-state index in [1.807, 2.05) is 6.92 Å². The van der Waals surface area contributed by atoms with E-state index in [-0.39, 0.29) is 11.3 Å². The van der Waals surface area contributed by atoms with Crippen LogP contribution in [0.1, 0.15) is 86.0 Å². The summed E-state index contributed by atoms with van der Waals surface area (Å²) < 4.78 is 5.41. The molecule has 0 saturated heterocycles. The Morgan fingerprint density at radius 2 is 1.53 bits per heavy atom. The molecule has 2 nitrogen and oxygen atoms in total. The lowest BCUT2D eigenvalue weighted by atomic mass is 9.70. The van der Waals surface area contributed by atoms with E-state index >= 15 is 0 Å². The van der Waals surface area contributed by atoms with Gasteiger partial charge in [-0.1, -0.05) is 66.2 Å². The van der Waals surface area contributed by atoms with Crippen LogP contribution in [0.25, 0.3) is 0 Å². The molecule has 0 spiro atoms. The summed E-state index contributed by atoms with van der Waals surface area (Å²) in [7, 11) is 0. The van der Waals surface area contributed by atoms with E-state index in [2.05, 4.69) is 27.7 Å². The van der Waals surface area contributed by atoms with Crippen molar-refractivity contribution in [3.8, 4) is 0 Å². The first kappa shape index (κ1) is 18.9. The summed E-state index contributed by atoms with van der Waals surface area (Å²) in [5, 5.41) is 10.1. The van der Waals surface area contributed by atoms with Crippen LogP contribution in [0.5, 0.6) is 0 Å². The van der Waals surface area contributed by atoms with E-state index in [9.17, 15) is 5.11 Å². The van der Waals surface area contributed by atoms with Crippen LogP contribution in [-0.2, 0) is 4.74 Å². The molecule has 19 heavy (non-hydrogen) atoms. The summed E-state index contributed by atoms with van der Waals surface area (Å²) >= 11 is 0. The molecule has 0 aromatic heterocycles. The molecule has 0 aliphatic rings. The van der Waals surface area contributed by atoms with Gasteiger partial charge in [0, 0.05) is 12.5 Å². The first-order chi connectivity index (χ1) is 9.01. The lowest BCUT2D eigenvalue weighted by molar-refractivity contribution is -0.156. The Labute approximate surface area is 120 Å². The molecule has 0 bridgehead atoms. The monoisotopic (exact) mass is 272 g/mol. The molecule has 0 aromatic carbocycles. The molecule has 0 saturated carbocycles. The molecule has 3 atom stereocenters. The van der Waals surface area contributed by atoms with Gasteiger partial charge in [-0.25, -0.2) is 0 Å². The summed E-state index contributed by atoms with van der Waals surface area (Å²) in [5.41, 5.74) is 0.207. The number of unbranched alkanes of at least 4 members (excludes halogenated alkanes) is 4. The highest BCUT2D eigenvalue weighted by Crippen LogP contribution is 2.40. The second-order valence-corrected chi connectivity index (χ2v) is 6.20. The van der Waals surface area contributed by atoms with Crippen molar-refractivity contribution in [2.45, 2.75) is 92.3 Å². The Bertz CT molecular complexity index is 205. The zero-order valence-electron chi connectivity index (χ0n) is 13.9. The van der Waals surface area contributed by atoms with Crippen molar-refractivity contribution in [1.29, 1.82) is 0 Å². The topological polar surface area (TPSA) is 29.5 Å². The Balaban J connectivity index is 4.46. The fourth-order valence-corrected chi connectivity index (χ4v) is 2.78. The molecule has 0 fully saturated rings. The summed E-state index contributed by atoms with van der Waals surface area (Å²) in [6, 6.07) is 0. The molecule has 0 aliphatic heterocycles. The van der Waals surface area contributed by atoms with E-state index in [4.69, 9.17) is 4.74 Å². The molecule has 0 amide bonds. The summed E-state index contributed by atoms with van der Waals surface area (Å²) in [6.45, 7) is 11.5. The number of rotatable bonds is 12. The number of hydrogen-bond acceptors (Lipinski definition) is 2. The number of hydrogen-bond donors (Lipinski definition) is 1. The lowest BCUT2D eigenvalue weighted by Gasteiger charge is -2.38. The number of ether oxygens (including phenoxy) is 1. The normalized spacial score (nSPS) is 18.0. The average Bonchev–Trinajstić information content (AvgIpc) is 2.41. The van der Waals surface area contributed by atoms with Crippen LogP contribution in [0.15, 0.2) is 0 Å². The Morgan fingerprint density at radius 1 is 0.947 bits per heavy atom. The third-order valence-electron chi connectivity index (χ3n) is 4.57. The molecule has 1 N–H and O–H groups in total. The Kier molecular flexibility index (Phi) is 10.6. The maximum atomic E-state index is 10.1. The number of aliphatic hydroxyl groups excluding tert-OH is 1. The van der Waals surface area contributed by atoms with Crippen LogP contribution in [0, 0.1) is 11.3 Å². The highest BCUT2D eigenvalue weighted by Gasteiger charge is 2.34. The standard InChI is InChI=1S/C17H36O2/c1-6-9-11-12-14-17(5,13-10-7-2)15(4)16(18)19-8-3/h15-16,18H,6-14H2,1-5H3/t15-,16+,17?/m0/s1. The zero-order chi connectivity index (χ0) is 14.7. The van der Waals surface area contributed by atoms with Crippen molar-refractivity contribution in [2.75, 3.05) is 6.61 Å². The van der Waals surface area contributed by atoms with Gasteiger partial charge in [0.2, 0.25) is 0 Å². The smallest absolute Gasteiger partial charge is 0.157 e. The highest BCUT2D eigenvalue weighted by atomic mass is 16.6. The third-order valence-corrected chi connectivity index (χ3v) is 4.57. The minimum atomic E-state index is -0.613. The van der Waals surface area contributed by atoms with E-state index in [1.165, 1.54) is 51.4 Å². The van der Waals surface area contributed by atoms with Crippen LogP contribution < -0.4 is 0 Å². The fourth-order valence-electron chi connectivity index (χ4n) is 2.78. The first-order valence-corrected chi connectivity index (χ1v) is 8.31. The molecule has 2 heteroatoms. The molecular formula is C17H36O2. The fraction of sp³-hybridized carbons (Fsp3) is 1.00. The van der Waals surface area contributed by atoms with Gasteiger partial charge < -0.3 is 9.84 Å². The maximum Gasteiger partial charge on any atom is 0.157 e. The van der Waals surface area contributed by atoms with Gasteiger partial charge in [0.25, 0.3) is 0 Å². The molecule has 116 valence electrons. The van der Waals surface area contributed by atoms with Crippen LogP contribution in [0.4, 0.5) is 0 Å². The van der Waals surface area contributed by atoms with Crippen LogP contribution in [0.2, 0.25) is 0 Å². The van der Waals surface area contributed by atoms with Crippen molar-refractivity contribution >= 4 is 0 Å². The van der Waals surface area contributed by atoms with E-state index in [0.29, 0.717) is 6.61 Å². The minimum absolute atomic E-state index is 0.207. The predicted molar refractivity (Wildman–Crippen MR) is 83.2 cm³/mol. The van der Waals surface area contributed by atoms with Crippen LogP contribution in [0.3, 0.4) is 0 Å². The van der Waals surface area contributed by atoms with Gasteiger partial charge in [0.05, 0.1) is 0 Å². The first-order valence-electron chi connectivity index (χ1n) is 8.31. The molecule has 0 rings (SSSR count). The van der Waals surface area contributed by atoms with Gasteiger partial charge in [-0.3, -0.25) is 0 Å². The lowest BCUT2D eigenvalue weighted by Crippen LogP contribution is -2.36. The van der Waals surface area contributed by atoms with Gasteiger partial charge in [-0.2, -0.15) is 0 Å². The van der Waals surface area contributed by atoms with Gasteiger partial charge in [0.1, 0.15) is 0 Å². The third kappa shape index (κ3) is 7.31. The predicted octanol–water partition coefficient (Wildman–Crippen LogP) is 5.14. The summed E-state index contributed by atoms with van der Waals surface area (Å²) in [5.74, 6) is 0.209. The Morgan fingerprint density at radius 3 is 2.05 bits per heavy atom. The molecule has 0 heterocycles. The quantitative estimate of drug-likeness (QED) is 0.393. The number of aliphatic hydroxyl groups is 1. The zero-order valence-corrected chi connectivity index (χ0v) is 13.9. The Hall–Kier alpha value is -0.0800. The van der Waals surface area contributed by atoms with Crippen LogP contribution >= 0.6 is 0 Å². The van der Waals surface area contributed by atoms with Crippen LogP contribution in [-0.4, -0.2) is 18.0 Å². The van der Waals surface area contributed by atoms with Crippen molar-refractivity contribution < 1.29 is 9.84 Å². The van der Waals surface area contributed by atoms with E-state index in [0.717, 1.165) is 0 Å². The molecule has 1 unspecified atom stereocenters. The van der Waals surface area contributed by atoms with Crippen molar-refractivity contribution in [2.24, 2.45) is 11.3 Å². The molecule has 0 aliphatic carbocycles. The van der Waals surface area contributed by atoms with Gasteiger partial charge in [0.15, 0.2) is 6.29 Å². The maximum absolute atomic E-state index is 10.1. The average molecular weight is 272 g/mol. The molecule has 0 aromatic rings. The second kappa shape index (κ2) is 10.7. The van der Waals surface area contributed by atoms with Gasteiger partial charge >= 0.3 is 0 Å². The van der Waals surface area contributed by atoms with Crippen molar-refractivity contribution in [3.05, 3.63) is 0 Å². The summed E-state index contributed by atoms with van der Waals surface area (Å²) in [4.78, 5) is 0. The van der Waals surface area contributed by atoms with Gasteiger partial charge in [-0.15, -0.1) is 0 Å². The van der Waals surface area contributed by atoms with Crippen molar-refractivity contribution in [1.82, 2.24) is 0 Å². The van der Waals surface area contributed by atoms with Crippen molar-refractivity contribution in [3.63, 3.8) is 0 Å². The van der Waals surface area contributed by atoms with E-state index < -0.39 is 6.29 Å². The van der Waals surface area contributed by atoms with E-state index in [1.54, 1.807) is 0 Å².